The van der Waals surface area contributed by atoms with E-state index < -0.39 is 0 Å². The zero-order valence-corrected chi connectivity index (χ0v) is 10.5. The molecule has 18 heavy (non-hydrogen) atoms. The minimum Gasteiger partial charge on any atom is -0.395 e. The first-order chi connectivity index (χ1) is 8.70. The summed E-state index contributed by atoms with van der Waals surface area (Å²) in [4.78, 5) is 12.0. The highest BCUT2D eigenvalue weighted by molar-refractivity contribution is 5.96. The van der Waals surface area contributed by atoms with Crippen LogP contribution in [0.5, 0.6) is 0 Å². The van der Waals surface area contributed by atoms with Crippen LogP contribution < -0.4 is 5.32 Å². The van der Waals surface area contributed by atoms with Gasteiger partial charge < -0.3 is 10.4 Å². The second kappa shape index (κ2) is 5.70. The molecule has 2 N–H and O–H groups in total. The van der Waals surface area contributed by atoms with Crippen LogP contribution in [0.3, 0.4) is 0 Å². The largest absolute Gasteiger partial charge is 0.395 e. The molecule has 1 aliphatic rings. The van der Waals surface area contributed by atoms with Gasteiger partial charge in [0.1, 0.15) is 0 Å². The van der Waals surface area contributed by atoms with Gasteiger partial charge in [-0.05, 0) is 37.5 Å². The predicted octanol–water partition coefficient (Wildman–Crippen LogP) is 1.62. The van der Waals surface area contributed by atoms with E-state index in [0.29, 0.717) is 18.0 Å². The molecule has 1 fully saturated rings. The molecule has 1 amide bonds. The van der Waals surface area contributed by atoms with Crippen molar-refractivity contribution < 1.29 is 9.90 Å². The van der Waals surface area contributed by atoms with Gasteiger partial charge in [0.2, 0.25) is 0 Å². The van der Waals surface area contributed by atoms with Gasteiger partial charge in [-0.15, -0.1) is 0 Å². The number of aliphatic hydroxyl groups is 1. The molecule has 0 radical (unpaired) electrons. The Morgan fingerprint density at radius 1 is 1.50 bits per heavy atom. The van der Waals surface area contributed by atoms with Crippen LogP contribution in [-0.2, 0) is 0 Å². The van der Waals surface area contributed by atoms with Crippen molar-refractivity contribution in [3.63, 3.8) is 0 Å². The van der Waals surface area contributed by atoms with Gasteiger partial charge in [0, 0.05) is 23.6 Å². The number of nitrogens with one attached hydrogen (secondary N) is 1. The lowest BCUT2D eigenvalue weighted by molar-refractivity contribution is 0.0950. The summed E-state index contributed by atoms with van der Waals surface area (Å²) >= 11 is 0. The van der Waals surface area contributed by atoms with E-state index in [4.69, 9.17) is 5.11 Å². The number of amides is 1. The fraction of sp³-hybridized carbons (Fsp3) is 0.400. The monoisotopic (exact) mass is 243 g/mol. The summed E-state index contributed by atoms with van der Waals surface area (Å²) in [6.07, 6.45) is 2.62. The van der Waals surface area contributed by atoms with E-state index in [1.54, 1.807) is 0 Å². The number of hydrogen-bond donors (Lipinski definition) is 2. The SMILES string of the molecule is Cc1ccc(C#CCCO)cc1C(=O)NC1CC1. The van der Waals surface area contributed by atoms with Crippen LogP contribution in [0, 0.1) is 18.8 Å². The van der Waals surface area contributed by atoms with Gasteiger partial charge in [-0.1, -0.05) is 17.9 Å². The highest BCUT2D eigenvalue weighted by atomic mass is 16.2. The molecule has 0 bridgehead atoms. The summed E-state index contributed by atoms with van der Waals surface area (Å²) in [5, 5.41) is 11.6. The van der Waals surface area contributed by atoms with Crippen molar-refractivity contribution in [2.45, 2.75) is 32.2 Å². The molecule has 1 aromatic carbocycles. The summed E-state index contributed by atoms with van der Waals surface area (Å²) in [7, 11) is 0. The molecule has 0 aliphatic heterocycles. The molecule has 0 unspecified atom stereocenters. The lowest BCUT2D eigenvalue weighted by Crippen LogP contribution is -2.26. The third-order valence-corrected chi connectivity index (χ3v) is 2.86. The molecule has 3 nitrogen and oxygen atoms in total. The summed E-state index contributed by atoms with van der Waals surface area (Å²) in [6.45, 7) is 1.99. The average Bonchev–Trinajstić information content (AvgIpc) is 3.15. The minimum absolute atomic E-state index is 0.0131. The Morgan fingerprint density at radius 2 is 2.28 bits per heavy atom. The van der Waals surface area contributed by atoms with Crippen LogP contribution in [0.1, 0.15) is 40.7 Å². The summed E-state index contributed by atoms with van der Waals surface area (Å²) < 4.78 is 0. The number of carbonyl (C=O) groups excluding carboxylic acids is 1. The molecular formula is C15H17NO2. The van der Waals surface area contributed by atoms with Gasteiger partial charge in [-0.3, -0.25) is 4.79 Å². The van der Waals surface area contributed by atoms with Crippen molar-refractivity contribution in [3.05, 3.63) is 34.9 Å². The topological polar surface area (TPSA) is 49.3 Å². The molecule has 0 spiro atoms. The predicted molar refractivity (Wildman–Crippen MR) is 70.2 cm³/mol. The second-order valence-electron chi connectivity index (χ2n) is 4.55. The second-order valence-corrected chi connectivity index (χ2v) is 4.55. The van der Waals surface area contributed by atoms with Crippen molar-refractivity contribution in [3.8, 4) is 11.8 Å². The van der Waals surface area contributed by atoms with Crippen molar-refractivity contribution >= 4 is 5.91 Å². The van der Waals surface area contributed by atoms with E-state index in [-0.39, 0.29) is 12.5 Å². The van der Waals surface area contributed by atoms with Gasteiger partial charge >= 0.3 is 0 Å². The maximum Gasteiger partial charge on any atom is 0.251 e. The zero-order chi connectivity index (χ0) is 13.0. The average molecular weight is 243 g/mol. The molecule has 1 aromatic rings. The maximum absolute atomic E-state index is 12.0. The first-order valence-electron chi connectivity index (χ1n) is 6.22. The van der Waals surface area contributed by atoms with E-state index in [1.165, 1.54) is 0 Å². The quantitative estimate of drug-likeness (QED) is 0.793. The van der Waals surface area contributed by atoms with Gasteiger partial charge in [0.05, 0.1) is 6.61 Å². The Kier molecular flexibility index (Phi) is 4.01. The van der Waals surface area contributed by atoms with E-state index in [2.05, 4.69) is 17.2 Å². The van der Waals surface area contributed by atoms with E-state index >= 15 is 0 Å². The summed E-state index contributed by atoms with van der Waals surface area (Å²) in [5.41, 5.74) is 2.47. The molecule has 0 heterocycles. The third kappa shape index (κ3) is 3.35. The molecule has 94 valence electrons. The Bertz CT molecular complexity index is 507. The molecule has 0 aromatic heterocycles. The number of rotatable bonds is 3. The first kappa shape index (κ1) is 12.7. The molecule has 0 atom stereocenters. The standard InChI is InChI=1S/C15H17NO2/c1-11-5-6-12(4-2-3-9-17)10-14(11)15(18)16-13-7-8-13/h5-6,10,13,17H,3,7-9H2,1H3,(H,16,18). The number of carbonyl (C=O) groups is 1. The lowest BCUT2D eigenvalue weighted by atomic mass is 10.0. The third-order valence-electron chi connectivity index (χ3n) is 2.86. The molecule has 2 rings (SSSR count). The lowest BCUT2D eigenvalue weighted by Gasteiger charge is -2.07. The zero-order valence-electron chi connectivity index (χ0n) is 10.5. The highest BCUT2D eigenvalue weighted by Crippen LogP contribution is 2.20. The summed E-state index contributed by atoms with van der Waals surface area (Å²) in [6, 6.07) is 5.98. The van der Waals surface area contributed by atoms with Crippen molar-refractivity contribution in [2.24, 2.45) is 0 Å². The molecule has 1 saturated carbocycles. The fourth-order valence-electron chi connectivity index (χ4n) is 1.66. The number of hydrogen-bond acceptors (Lipinski definition) is 2. The molecule has 0 saturated heterocycles. The van der Waals surface area contributed by atoms with Crippen LogP contribution in [0.4, 0.5) is 0 Å². The Labute approximate surface area is 107 Å². The van der Waals surface area contributed by atoms with Gasteiger partial charge in [0.25, 0.3) is 5.91 Å². The van der Waals surface area contributed by atoms with Gasteiger partial charge in [-0.25, -0.2) is 0 Å². The normalized spacial score (nSPS) is 13.7. The smallest absolute Gasteiger partial charge is 0.251 e. The highest BCUT2D eigenvalue weighted by Gasteiger charge is 2.24. The molecule has 1 aliphatic carbocycles. The van der Waals surface area contributed by atoms with E-state index in [0.717, 1.165) is 24.0 Å². The van der Waals surface area contributed by atoms with E-state index in [9.17, 15) is 4.79 Å². The summed E-state index contributed by atoms with van der Waals surface area (Å²) in [5.74, 6) is 5.79. The number of aryl methyl sites for hydroxylation is 1. The molecular weight excluding hydrogens is 226 g/mol. The van der Waals surface area contributed by atoms with Gasteiger partial charge in [-0.2, -0.15) is 0 Å². The van der Waals surface area contributed by atoms with Crippen LogP contribution in [-0.4, -0.2) is 23.7 Å². The van der Waals surface area contributed by atoms with Gasteiger partial charge in [0.15, 0.2) is 0 Å². The Balaban J connectivity index is 2.15. The van der Waals surface area contributed by atoms with Crippen LogP contribution in [0.15, 0.2) is 18.2 Å². The van der Waals surface area contributed by atoms with E-state index in [1.807, 2.05) is 25.1 Å². The van der Waals surface area contributed by atoms with Crippen LogP contribution >= 0.6 is 0 Å². The Morgan fingerprint density at radius 3 is 2.94 bits per heavy atom. The maximum atomic E-state index is 12.0. The minimum atomic E-state index is -0.0131. The number of aliphatic hydroxyl groups excluding tert-OH is 1. The van der Waals surface area contributed by atoms with Crippen LogP contribution in [0.25, 0.3) is 0 Å². The molecule has 3 heteroatoms. The fourth-order valence-corrected chi connectivity index (χ4v) is 1.66. The first-order valence-corrected chi connectivity index (χ1v) is 6.22. The number of benzene rings is 1. The van der Waals surface area contributed by atoms with Crippen molar-refractivity contribution in [1.82, 2.24) is 5.32 Å². The van der Waals surface area contributed by atoms with Crippen molar-refractivity contribution in [2.75, 3.05) is 6.61 Å². The van der Waals surface area contributed by atoms with Crippen LogP contribution in [0.2, 0.25) is 0 Å². The Hall–Kier alpha value is -1.79. The van der Waals surface area contributed by atoms with Crippen molar-refractivity contribution in [1.29, 1.82) is 0 Å².